The molecule has 3 aromatic rings. The van der Waals surface area contributed by atoms with E-state index in [-0.39, 0.29) is 5.92 Å². The van der Waals surface area contributed by atoms with Crippen LogP contribution in [0.2, 0.25) is 0 Å². The zero-order valence-corrected chi connectivity index (χ0v) is 11.9. The van der Waals surface area contributed by atoms with Crippen LogP contribution in [-0.4, -0.2) is 0 Å². The highest BCUT2D eigenvalue weighted by Gasteiger charge is 2.18. The highest BCUT2D eigenvalue weighted by Crippen LogP contribution is 2.26. The largest absolute Gasteiger partial charge is 0.287 e. The van der Waals surface area contributed by atoms with E-state index in [1.54, 1.807) is 0 Å². The Morgan fingerprint density at radius 1 is 0.762 bits per heavy atom. The standard InChI is InChI=1S/C19H18N2/c20-19-13-7-12-18(21-19)17(16-10-5-2-6-11-16)14-15-8-3-1-4-9-15/h1-13,17H,14H2,(H2,20,21)/p+1. The van der Waals surface area contributed by atoms with E-state index in [0.29, 0.717) is 5.82 Å². The molecule has 0 aliphatic heterocycles. The first-order valence-electron chi connectivity index (χ1n) is 7.19. The number of hydrogen-bond donors (Lipinski definition) is 1. The van der Waals surface area contributed by atoms with Crippen LogP contribution in [-0.2, 0) is 6.42 Å². The fourth-order valence-electron chi connectivity index (χ4n) is 2.65. The Kier molecular flexibility index (Phi) is 3.97. The topological polar surface area (TPSA) is 40.2 Å². The summed E-state index contributed by atoms with van der Waals surface area (Å²) in [4.78, 5) is 3.30. The number of pyridine rings is 1. The Labute approximate surface area is 125 Å². The average Bonchev–Trinajstić information content (AvgIpc) is 2.54. The maximum Gasteiger partial charge on any atom is 0.270 e. The predicted molar refractivity (Wildman–Crippen MR) is 85.8 cm³/mol. The molecule has 0 aliphatic carbocycles. The Balaban J connectivity index is 1.99. The summed E-state index contributed by atoms with van der Waals surface area (Å²) in [5.41, 5.74) is 9.67. The van der Waals surface area contributed by atoms with E-state index in [9.17, 15) is 0 Å². The van der Waals surface area contributed by atoms with E-state index in [1.807, 2.05) is 24.3 Å². The number of nitrogens with two attached hydrogens (primary N) is 1. The molecule has 2 aromatic carbocycles. The number of aromatic amines is 1. The van der Waals surface area contributed by atoms with Crippen LogP contribution >= 0.6 is 0 Å². The summed E-state index contributed by atoms with van der Waals surface area (Å²) < 4.78 is 0. The van der Waals surface area contributed by atoms with Gasteiger partial charge >= 0.3 is 0 Å². The molecule has 104 valence electrons. The molecule has 0 aliphatic rings. The summed E-state index contributed by atoms with van der Waals surface area (Å²) in [6.07, 6.45) is 0.949. The van der Waals surface area contributed by atoms with Gasteiger partial charge in [-0.25, -0.2) is 4.98 Å². The normalized spacial score (nSPS) is 12.0. The van der Waals surface area contributed by atoms with Crippen molar-refractivity contribution >= 4 is 5.82 Å². The van der Waals surface area contributed by atoms with Gasteiger partial charge in [-0.05, 0) is 23.6 Å². The molecule has 21 heavy (non-hydrogen) atoms. The Morgan fingerprint density at radius 2 is 1.43 bits per heavy atom. The molecule has 3 N–H and O–H groups in total. The third kappa shape index (κ3) is 3.29. The fraction of sp³-hybridized carbons (Fsp3) is 0.105. The van der Waals surface area contributed by atoms with Gasteiger partial charge < -0.3 is 0 Å². The van der Waals surface area contributed by atoms with Gasteiger partial charge in [0.15, 0.2) is 0 Å². The second kappa shape index (κ2) is 6.23. The summed E-state index contributed by atoms with van der Waals surface area (Å²) in [5, 5.41) is 0. The van der Waals surface area contributed by atoms with Crippen molar-refractivity contribution in [2.24, 2.45) is 0 Å². The van der Waals surface area contributed by atoms with Crippen molar-refractivity contribution in [1.82, 2.24) is 0 Å². The lowest BCUT2D eigenvalue weighted by Crippen LogP contribution is -2.21. The Hall–Kier alpha value is -2.61. The summed E-state index contributed by atoms with van der Waals surface area (Å²) in [7, 11) is 0. The van der Waals surface area contributed by atoms with Gasteiger partial charge in [0, 0.05) is 12.0 Å². The third-order valence-electron chi connectivity index (χ3n) is 3.70. The quantitative estimate of drug-likeness (QED) is 0.778. The van der Waals surface area contributed by atoms with E-state index in [0.717, 1.165) is 12.1 Å². The van der Waals surface area contributed by atoms with E-state index in [4.69, 9.17) is 5.73 Å². The predicted octanol–water partition coefficient (Wildman–Crippen LogP) is 3.46. The van der Waals surface area contributed by atoms with Crippen molar-refractivity contribution in [3.63, 3.8) is 0 Å². The van der Waals surface area contributed by atoms with Crippen LogP contribution in [0.3, 0.4) is 0 Å². The van der Waals surface area contributed by atoms with Crippen LogP contribution < -0.4 is 10.7 Å². The summed E-state index contributed by atoms with van der Waals surface area (Å²) in [5.74, 6) is 0.971. The van der Waals surface area contributed by atoms with Crippen LogP contribution in [0.25, 0.3) is 0 Å². The first-order valence-corrected chi connectivity index (χ1v) is 7.19. The zero-order valence-electron chi connectivity index (χ0n) is 11.9. The van der Waals surface area contributed by atoms with E-state index in [1.165, 1.54) is 11.1 Å². The van der Waals surface area contributed by atoms with Gasteiger partial charge in [0.1, 0.15) is 5.69 Å². The van der Waals surface area contributed by atoms with Crippen molar-refractivity contribution in [2.75, 3.05) is 5.73 Å². The van der Waals surface area contributed by atoms with Crippen LogP contribution in [0, 0.1) is 0 Å². The number of rotatable bonds is 4. The van der Waals surface area contributed by atoms with Crippen molar-refractivity contribution in [1.29, 1.82) is 0 Å². The number of H-pyrrole nitrogens is 1. The third-order valence-corrected chi connectivity index (χ3v) is 3.70. The number of nitrogen functional groups attached to an aromatic ring is 1. The van der Waals surface area contributed by atoms with E-state index < -0.39 is 0 Å². The van der Waals surface area contributed by atoms with Crippen molar-refractivity contribution in [3.05, 3.63) is 95.7 Å². The van der Waals surface area contributed by atoms with Crippen molar-refractivity contribution < 1.29 is 4.98 Å². The van der Waals surface area contributed by atoms with Crippen LogP contribution in [0.5, 0.6) is 0 Å². The van der Waals surface area contributed by atoms with Gasteiger partial charge in [-0.2, -0.15) is 0 Å². The lowest BCUT2D eigenvalue weighted by Gasteiger charge is -2.16. The molecule has 2 heteroatoms. The second-order valence-electron chi connectivity index (χ2n) is 5.21. The molecule has 0 fully saturated rings. The summed E-state index contributed by atoms with van der Waals surface area (Å²) in [6.45, 7) is 0. The maximum atomic E-state index is 5.91. The number of aromatic nitrogens is 1. The minimum Gasteiger partial charge on any atom is -0.287 e. The first-order chi connectivity index (χ1) is 10.3. The average molecular weight is 275 g/mol. The molecule has 1 atom stereocenters. The first kappa shape index (κ1) is 13.4. The monoisotopic (exact) mass is 275 g/mol. The number of benzene rings is 2. The van der Waals surface area contributed by atoms with Crippen LogP contribution in [0.4, 0.5) is 5.82 Å². The summed E-state index contributed by atoms with van der Waals surface area (Å²) >= 11 is 0. The maximum absolute atomic E-state index is 5.91. The number of hydrogen-bond acceptors (Lipinski definition) is 1. The molecule has 1 aromatic heterocycles. The van der Waals surface area contributed by atoms with Gasteiger partial charge in [-0.3, -0.25) is 5.73 Å². The van der Waals surface area contributed by atoms with Gasteiger partial charge in [0.05, 0.1) is 0 Å². The molecule has 0 spiro atoms. The Morgan fingerprint density at radius 3 is 2.10 bits per heavy atom. The fourth-order valence-corrected chi connectivity index (χ4v) is 2.65. The molecule has 3 rings (SSSR count). The van der Waals surface area contributed by atoms with E-state index >= 15 is 0 Å². The van der Waals surface area contributed by atoms with Crippen LogP contribution in [0.1, 0.15) is 22.7 Å². The molecule has 0 saturated carbocycles. The molecular formula is C19H19N2+. The highest BCUT2D eigenvalue weighted by molar-refractivity contribution is 5.32. The lowest BCUT2D eigenvalue weighted by atomic mass is 9.89. The number of nitrogens with one attached hydrogen (secondary N) is 1. The van der Waals surface area contributed by atoms with Gasteiger partial charge in [-0.15, -0.1) is 0 Å². The summed E-state index contributed by atoms with van der Waals surface area (Å²) in [6, 6.07) is 27.1. The molecule has 2 nitrogen and oxygen atoms in total. The molecule has 0 saturated heterocycles. The lowest BCUT2D eigenvalue weighted by molar-refractivity contribution is -0.374. The molecule has 0 radical (unpaired) electrons. The number of anilines is 1. The SMILES string of the molecule is Nc1cccc(C(Cc2ccccc2)c2ccccc2)[nH+]1. The van der Waals surface area contributed by atoms with E-state index in [2.05, 4.69) is 59.6 Å². The molecule has 1 heterocycles. The zero-order chi connectivity index (χ0) is 14.5. The smallest absolute Gasteiger partial charge is 0.270 e. The van der Waals surface area contributed by atoms with Crippen LogP contribution in [0.15, 0.2) is 78.9 Å². The second-order valence-corrected chi connectivity index (χ2v) is 5.21. The molecule has 0 amide bonds. The molecule has 1 unspecified atom stereocenters. The minimum atomic E-state index is 0.275. The van der Waals surface area contributed by atoms with Crippen molar-refractivity contribution in [2.45, 2.75) is 12.3 Å². The highest BCUT2D eigenvalue weighted by atomic mass is 14.8. The minimum absolute atomic E-state index is 0.275. The van der Waals surface area contributed by atoms with Crippen molar-refractivity contribution in [3.8, 4) is 0 Å². The van der Waals surface area contributed by atoms with Gasteiger partial charge in [0.25, 0.3) is 5.82 Å². The molecular weight excluding hydrogens is 256 g/mol. The molecule has 0 bridgehead atoms. The van der Waals surface area contributed by atoms with Gasteiger partial charge in [-0.1, -0.05) is 66.7 Å². The Bertz CT molecular complexity index is 693. The van der Waals surface area contributed by atoms with Gasteiger partial charge in [0.2, 0.25) is 0 Å².